The SMILES string of the molecule is CNC1=C(SC)C(=O)c2ncccc2C1=O. The van der Waals surface area contributed by atoms with Crippen LogP contribution in [0.5, 0.6) is 0 Å². The molecule has 1 aromatic heterocycles. The predicted octanol–water partition coefficient (Wildman–Crippen LogP) is 1.25. The highest BCUT2D eigenvalue weighted by Gasteiger charge is 2.32. The van der Waals surface area contributed by atoms with E-state index in [9.17, 15) is 9.59 Å². The molecule has 1 heterocycles. The number of allylic oxidation sites excluding steroid dienone is 2. The third kappa shape index (κ3) is 1.44. The number of hydrogen-bond acceptors (Lipinski definition) is 5. The number of nitrogens with zero attached hydrogens (tertiary/aromatic N) is 1. The first-order chi connectivity index (χ1) is 7.70. The number of pyridine rings is 1. The van der Waals surface area contributed by atoms with Crippen LogP contribution in [0.15, 0.2) is 28.9 Å². The molecule has 0 fully saturated rings. The van der Waals surface area contributed by atoms with Gasteiger partial charge in [0.1, 0.15) is 11.4 Å². The van der Waals surface area contributed by atoms with Crippen molar-refractivity contribution in [2.24, 2.45) is 0 Å². The topological polar surface area (TPSA) is 59.1 Å². The smallest absolute Gasteiger partial charge is 0.220 e. The van der Waals surface area contributed by atoms with E-state index in [0.29, 0.717) is 16.2 Å². The van der Waals surface area contributed by atoms with E-state index in [1.165, 1.54) is 18.0 Å². The molecular weight excluding hydrogens is 224 g/mol. The zero-order chi connectivity index (χ0) is 11.7. The summed E-state index contributed by atoms with van der Waals surface area (Å²) >= 11 is 1.26. The average molecular weight is 234 g/mol. The van der Waals surface area contributed by atoms with Crippen LogP contribution in [-0.4, -0.2) is 29.9 Å². The molecule has 1 aliphatic carbocycles. The Kier molecular flexibility index (Phi) is 2.78. The largest absolute Gasteiger partial charge is 0.384 e. The van der Waals surface area contributed by atoms with Crippen molar-refractivity contribution >= 4 is 23.3 Å². The summed E-state index contributed by atoms with van der Waals surface area (Å²) < 4.78 is 0. The normalized spacial score (nSPS) is 15.1. The number of thioether (sulfide) groups is 1. The van der Waals surface area contributed by atoms with Gasteiger partial charge in [0, 0.05) is 13.2 Å². The number of likely N-dealkylation sites (N-methyl/N-ethyl adjacent to an activating group) is 1. The van der Waals surface area contributed by atoms with E-state index >= 15 is 0 Å². The van der Waals surface area contributed by atoms with Crippen molar-refractivity contribution in [3.63, 3.8) is 0 Å². The fraction of sp³-hybridized carbons (Fsp3) is 0.182. The van der Waals surface area contributed by atoms with E-state index < -0.39 is 0 Å². The summed E-state index contributed by atoms with van der Waals surface area (Å²) in [5.41, 5.74) is 0.975. The summed E-state index contributed by atoms with van der Waals surface area (Å²) in [6, 6.07) is 3.28. The van der Waals surface area contributed by atoms with E-state index in [0.717, 1.165) is 0 Å². The molecule has 82 valence electrons. The Balaban J connectivity index is 2.67. The van der Waals surface area contributed by atoms with Crippen LogP contribution in [0.25, 0.3) is 0 Å². The first kappa shape index (κ1) is 10.9. The van der Waals surface area contributed by atoms with Crippen molar-refractivity contribution in [2.45, 2.75) is 0 Å². The van der Waals surface area contributed by atoms with Gasteiger partial charge in [0.05, 0.1) is 10.5 Å². The molecule has 0 amide bonds. The first-order valence-corrected chi connectivity index (χ1v) is 5.93. The number of Topliss-reactive ketones (excluding diaryl/α,β-unsaturated/α-hetero) is 2. The van der Waals surface area contributed by atoms with Gasteiger partial charge < -0.3 is 5.32 Å². The number of carbonyl (C=O) groups excluding carboxylic acids is 2. The molecule has 1 aromatic rings. The van der Waals surface area contributed by atoms with Crippen molar-refractivity contribution in [3.05, 3.63) is 40.2 Å². The monoisotopic (exact) mass is 234 g/mol. The minimum Gasteiger partial charge on any atom is -0.384 e. The lowest BCUT2D eigenvalue weighted by molar-refractivity contribution is 0.0973. The molecule has 0 saturated carbocycles. The number of hydrogen-bond donors (Lipinski definition) is 1. The van der Waals surface area contributed by atoms with E-state index in [2.05, 4.69) is 10.3 Å². The Bertz CT molecular complexity index is 463. The Morgan fingerprint density at radius 2 is 2.06 bits per heavy atom. The number of rotatable bonds is 2. The number of aromatic nitrogens is 1. The Hall–Kier alpha value is -1.62. The number of nitrogens with one attached hydrogen (secondary N) is 1. The highest BCUT2D eigenvalue weighted by molar-refractivity contribution is 8.03. The van der Waals surface area contributed by atoms with Crippen molar-refractivity contribution in [3.8, 4) is 0 Å². The maximum absolute atomic E-state index is 12.0. The fourth-order valence-corrected chi connectivity index (χ4v) is 2.33. The first-order valence-electron chi connectivity index (χ1n) is 4.71. The van der Waals surface area contributed by atoms with Crippen molar-refractivity contribution in [1.82, 2.24) is 10.3 Å². The summed E-state index contributed by atoms with van der Waals surface area (Å²) in [5.74, 6) is -0.360. The molecule has 0 radical (unpaired) electrons. The molecule has 0 aromatic carbocycles. The van der Waals surface area contributed by atoms with Crippen LogP contribution < -0.4 is 5.32 Å². The van der Waals surface area contributed by atoms with Crippen LogP contribution in [0.2, 0.25) is 0 Å². The van der Waals surface area contributed by atoms with Crippen LogP contribution in [-0.2, 0) is 0 Å². The number of fused-ring (bicyclic) bond motifs is 1. The minimum atomic E-state index is -0.188. The molecular formula is C11H10N2O2S. The Morgan fingerprint density at radius 1 is 1.31 bits per heavy atom. The lowest BCUT2D eigenvalue weighted by Gasteiger charge is -2.18. The molecule has 0 aliphatic heterocycles. The lowest BCUT2D eigenvalue weighted by Crippen LogP contribution is -2.28. The van der Waals surface area contributed by atoms with E-state index in [1.807, 2.05) is 0 Å². The fourth-order valence-electron chi connectivity index (χ4n) is 1.65. The van der Waals surface area contributed by atoms with Gasteiger partial charge in [-0.25, -0.2) is 0 Å². The molecule has 0 spiro atoms. The highest BCUT2D eigenvalue weighted by Crippen LogP contribution is 2.28. The predicted molar refractivity (Wildman–Crippen MR) is 62.5 cm³/mol. The second-order valence-electron chi connectivity index (χ2n) is 3.22. The van der Waals surface area contributed by atoms with Crippen molar-refractivity contribution in [2.75, 3.05) is 13.3 Å². The molecule has 0 saturated heterocycles. The van der Waals surface area contributed by atoms with E-state index in [1.54, 1.807) is 25.4 Å². The van der Waals surface area contributed by atoms with Crippen molar-refractivity contribution < 1.29 is 9.59 Å². The van der Waals surface area contributed by atoms with Crippen LogP contribution >= 0.6 is 11.8 Å². The summed E-state index contributed by atoms with van der Waals surface area (Å²) in [5, 5.41) is 2.79. The van der Waals surface area contributed by atoms with Gasteiger partial charge in [0.25, 0.3) is 0 Å². The van der Waals surface area contributed by atoms with Gasteiger partial charge in [-0.15, -0.1) is 11.8 Å². The van der Waals surface area contributed by atoms with E-state index in [-0.39, 0.29) is 17.3 Å². The van der Waals surface area contributed by atoms with Gasteiger partial charge in [-0.3, -0.25) is 14.6 Å². The summed E-state index contributed by atoms with van der Waals surface area (Å²) in [4.78, 5) is 28.5. The molecule has 0 atom stereocenters. The third-order valence-corrected chi connectivity index (χ3v) is 3.18. The maximum atomic E-state index is 12.0. The zero-order valence-corrected chi connectivity index (χ0v) is 9.72. The zero-order valence-electron chi connectivity index (χ0n) is 8.90. The van der Waals surface area contributed by atoms with Gasteiger partial charge in [-0.2, -0.15) is 0 Å². The molecule has 1 aliphatic rings. The second-order valence-corrected chi connectivity index (χ2v) is 4.03. The molecule has 2 rings (SSSR count). The molecule has 4 nitrogen and oxygen atoms in total. The molecule has 0 unspecified atom stereocenters. The van der Waals surface area contributed by atoms with Gasteiger partial charge >= 0.3 is 0 Å². The second kappa shape index (κ2) is 4.09. The van der Waals surface area contributed by atoms with Crippen LogP contribution in [0.1, 0.15) is 20.8 Å². The van der Waals surface area contributed by atoms with Gasteiger partial charge in [-0.1, -0.05) is 0 Å². The van der Waals surface area contributed by atoms with Crippen LogP contribution in [0.4, 0.5) is 0 Å². The molecule has 1 N–H and O–H groups in total. The number of carbonyl (C=O) groups is 2. The van der Waals surface area contributed by atoms with Crippen LogP contribution in [0.3, 0.4) is 0 Å². The van der Waals surface area contributed by atoms with Gasteiger partial charge in [0.2, 0.25) is 11.6 Å². The molecule has 16 heavy (non-hydrogen) atoms. The van der Waals surface area contributed by atoms with Gasteiger partial charge in [0.15, 0.2) is 0 Å². The van der Waals surface area contributed by atoms with Gasteiger partial charge in [-0.05, 0) is 18.4 Å². The summed E-state index contributed by atoms with van der Waals surface area (Å²) in [6.07, 6.45) is 3.29. The standard InChI is InChI=1S/C11H10N2O2S/c1-12-8-9(14)6-4-3-5-13-7(6)10(15)11(8)16-2/h3-5,12H,1-2H3. The average Bonchev–Trinajstić information content (AvgIpc) is 2.33. The van der Waals surface area contributed by atoms with Crippen LogP contribution in [0, 0.1) is 0 Å². The van der Waals surface area contributed by atoms with E-state index in [4.69, 9.17) is 0 Å². The minimum absolute atomic E-state index is 0.172. The third-order valence-electron chi connectivity index (χ3n) is 2.38. The quantitative estimate of drug-likeness (QED) is 0.834. The molecule has 5 heteroatoms. The number of ketones is 2. The Morgan fingerprint density at radius 3 is 2.69 bits per heavy atom. The lowest BCUT2D eigenvalue weighted by atomic mass is 9.97. The molecule has 0 bridgehead atoms. The van der Waals surface area contributed by atoms with Crippen molar-refractivity contribution in [1.29, 1.82) is 0 Å². The summed E-state index contributed by atoms with van der Waals surface area (Å²) in [6.45, 7) is 0. The Labute approximate surface area is 97.1 Å². The maximum Gasteiger partial charge on any atom is 0.220 e. The summed E-state index contributed by atoms with van der Waals surface area (Å²) in [7, 11) is 1.64. The highest BCUT2D eigenvalue weighted by atomic mass is 32.2.